The van der Waals surface area contributed by atoms with Gasteiger partial charge in [-0.2, -0.15) is 0 Å². The SMILES string of the molecule is CC(C)[C@H]1CC[C@@H](C)C[C@H]1OP(=O)(O[C@@H]1C[C@H](C)CC[C@@H]1C(C)C)[C@@H](O)c1cccnc1. The van der Waals surface area contributed by atoms with Crippen LogP contribution in [-0.4, -0.2) is 22.3 Å². The summed E-state index contributed by atoms with van der Waals surface area (Å²) >= 11 is 0. The lowest BCUT2D eigenvalue weighted by molar-refractivity contribution is -0.0154. The van der Waals surface area contributed by atoms with Gasteiger partial charge >= 0.3 is 7.60 Å². The van der Waals surface area contributed by atoms with Crippen molar-refractivity contribution in [1.29, 1.82) is 0 Å². The molecule has 1 heterocycles. The number of aromatic nitrogens is 1. The van der Waals surface area contributed by atoms with Crippen molar-refractivity contribution in [3.05, 3.63) is 30.1 Å². The molecule has 1 aromatic rings. The van der Waals surface area contributed by atoms with E-state index < -0.39 is 13.4 Å². The van der Waals surface area contributed by atoms with Crippen LogP contribution < -0.4 is 0 Å². The van der Waals surface area contributed by atoms with E-state index in [2.05, 4.69) is 46.5 Å². The van der Waals surface area contributed by atoms with Crippen molar-refractivity contribution in [3.63, 3.8) is 0 Å². The fraction of sp³-hybridized carbons (Fsp3) is 0.808. The second kappa shape index (κ2) is 11.1. The Balaban J connectivity index is 1.92. The normalized spacial score (nSPS) is 32.9. The highest BCUT2D eigenvalue weighted by atomic mass is 31.2. The van der Waals surface area contributed by atoms with Crippen molar-refractivity contribution in [2.24, 2.45) is 35.5 Å². The van der Waals surface area contributed by atoms with Crippen LogP contribution in [0.5, 0.6) is 0 Å². The fourth-order valence-electron chi connectivity index (χ4n) is 5.70. The van der Waals surface area contributed by atoms with E-state index >= 15 is 0 Å². The predicted octanol–water partition coefficient (Wildman–Crippen LogP) is 7.22. The van der Waals surface area contributed by atoms with Gasteiger partial charge in [0.05, 0.1) is 12.2 Å². The zero-order valence-corrected chi connectivity index (χ0v) is 21.7. The molecule has 5 nitrogen and oxygen atoms in total. The van der Waals surface area contributed by atoms with Crippen LogP contribution in [0.15, 0.2) is 24.5 Å². The van der Waals surface area contributed by atoms with Gasteiger partial charge in [-0.05, 0) is 67.3 Å². The van der Waals surface area contributed by atoms with Crippen molar-refractivity contribution < 1.29 is 18.7 Å². The van der Waals surface area contributed by atoms with E-state index in [0.29, 0.717) is 41.1 Å². The quantitative estimate of drug-likeness (QED) is 0.410. The number of rotatable bonds is 8. The summed E-state index contributed by atoms with van der Waals surface area (Å²) in [7, 11) is -3.86. The van der Waals surface area contributed by atoms with Crippen LogP contribution in [0.4, 0.5) is 0 Å². The Bertz CT molecular complexity index is 717. The van der Waals surface area contributed by atoms with Gasteiger partial charge in [0.1, 0.15) is 0 Å². The molecule has 2 aliphatic carbocycles. The summed E-state index contributed by atoms with van der Waals surface area (Å²) in [6.07, 6.45) is 9.01. The molecule has 0 radical (unpaired) electrons. The maximum atomic E-state index is 14.5. The largest absolute Gasteiger partial charge is 0.376 e. The Kier molecular flexibility index (Phi) is 8.99. The zero-order valence-electron chi connectivity index (χ0n) is 20.8. The predicted molar refractivity (Wildman–Crippen MR) is 129 cm³/mol. The van der Waals surface area contributed by atoms with Crippen LogP contribution in [0.3, 0.4) is 0 Å². The third-order valence-electron chi connectivity index (χ3n) is 7.77. The molecule has 2 aliphatic rings. The molecular formula is C26H44NO4P. The second-order valence-corrected chi connectivity index (χ2v) is 13.1. The van der Waals surface area contributed by atoms with E-state index in [1.807, 2.05) is 0 Å². The first kappa shape index (κ1) is 25.9. The van der Waals surface area contributed by atoms with Gasteiger partial charge in [-0.25, -0.2) is 0 Å². The Hall–Kier alpha value is -0.740. The van der Waals surface area contributed by atoms with E-state index in [9.17, 15) is 9.67 Å². The lowest BCUT2D eigenvalue weighted by Gasteiger charge is -2.42. The minimum absolute atomic E-state index is 0.172. The van der Waals surface area contributed by atoms with Crippen molar-refractivity contribution in [3.8, 4) is 0 Å². The minimum atomic E-state index is -3.86. The molecule has 3 rings (SSSR count). The molecule has 0 saturated heterocycles. The van der Waals surface area contributed by atoms with Gasteiger partial charge in [-0.3, -0.25) is 9.55 Å². The summed E-state index contributed by atoms with van der Waals surface area (Å²) in [5.41, 5.74) is 0.491. The van der Waals surface area contributed by atoms with E-state index in [0.717, 1.165) is 38.5 Å². The fourth-order valence-corrected chi connectivity index (χ4v) is 7.74. The Labute approximate surface area is 195 Å². The van der Waals surface area contributed by atoms with Gasteiger partial charge in [-0.15, -0.1) is 0 Å². The Morgan fingerprint density at radius 3 is 1.84 bits per heavy atom. The molecule has 0 spiro atoms. The molecular weight excluding hydrogens is 421 g/mol. The molecule has 6 heteroatoms. The maximum Gasteiger partial charge on any atom is 0.364 e. The van der Waals surface area contributed by atoms with Gasteiger partial charge < -0.3 is 14.2 Å². The molecule has 1 N–H and O–H groups in total. The average molecular weight is 466 g/mol. The Morgan fingerprint density at radius 1 is 0.938 bits per heavy atom. The molecule has 7 atom stereocenters. The van der Waals surface area contributed by atoms with E-state index in [4.69, 9.17) is 9.05 Å². The number of hydrogen-bond acceptors (Lipinski definition) is 5. The smallest absolute Gasteiger partial charge is 0.364 e. The molecule has 1 aromatic heterocycles. The highest BCUT2D eigenvalue weighted by Crippen LogP contribution is 2.64. The number of hydrogen-bond donors (Lipinski definition) is 1. The number of aliphatic hydroxyl groups excluding tert-OH is 1. The molecule has 0 aromatic carbocycles. The summed E-state index contributed by atoms with van der Waals surface area (Å²) in [6, 6.07) is 3.51. The first-order chi connectivity index (χ1) is 15.1. The molecule has 2 fully saturated rings. The van der Waals surface area contributed by atoms with Gasteiger partial charge in [0.15, 0.2) is 5.85 Å². The summed E-state index contributed by atoms with van der Waals surface area (Å²) < 4.78 is 27.4. The minimum Gasteiger partial charge on any atom is -0.376 e. The van der Waals surface area contributed by atoms with Gasteiger partial charge in [0, 0.05) is 18.0 Å². The van der Waals surface area contributed by atoms with E-state index in [1.54, 1.807) is 24.5 Å². The van der Waals surface area contributed by atoms with E-state index in [1.165, 1.54) is 0 Å². The molecule has 0 bridgehead atoms. The summed E-state index contributed by atoms with van der Waals surface area (Å²) in [5.74, 6) is 1.18. The van der Waals surface area contributed by atoms with Crippen LogP contribution in [0.1, 0.15) is 91.5 Å². The number of pyridine rings is 1. The molecule has 32 heavy (non-hydrogen) atoms. The summed E-state index contributed by atoms with van der Waals surface area (Å²) in [5, 5.41) is 11.3. The van der Waals surface area contributed by atoms with E-state index in [-0.39, 0.29) is 12.2 Å². The number of nitrogens with zero attached hydrogens (tertiary/aromatic N) is 1. The average Bonchev–Trinajstić information content (AvgIpc) is 2.73. The maximum absolute atomic E-state index is 14.5. The van der Waals surface area contributed by atoms with Crippen LogP contribution >= 0.6 is 7.60 Å². The third kappa shape index (κ3) is 6.23. The Morgan fingerprint density at radius 2 is 1.44 bits per heavy atom. The van der Waals surface area contributed by atoms with Crippen LogP contribution in [0.25, 0.3) is 0 Å². The third-order valence-corrected chi connectivity index (χ3v) is 9.80. The highest BCUT2D eigenvalue weighted by molar-refractivity contribution is 7.54. The van der Waals surface area contributed by atoms with Gasteiger partial charge in [0.2, 0.25) is 0 Å². The zero-order chi connectivity index (χ0) is 23.5. The molecule has 0 aliphatic heterocycles. The molecule has 182 valence electrons. The topological polar surface area (TPSA) is 68.7 Å². The molecule has 0 unspecified atom stereocenters. The first-order valence-corrected chi connectivity index (χ1v) is 14.3. The lowest BCUT2D eigenvalue weighted by Crippen LogP contribution is -2.37. The first-order valence-electron chi connectivity index (χ1n) is 12.6. The van der Waals surface area contributed by atoms with Crippen molar-refractivity contribution in [2.45, 2.75) is 98.1 Å². The summed E-state index contributed by atoms with van der Waals surface area (Å²) in [4.78, 5) is 4.13. The van der Waals surface area contributed by atoms with Gasteiger partial charge in [-0.1, -0.05) is 60.5 Å². The van der Waals surface area contributed by atoms with Crippen LogP contribution in [0.2, 0.25) is 0 Å². The summed E-state index contributed by atoms with van der Waals surface area (Å²) in [6.45, 7) is 13.3. The standard InChI is InChI=1S/C26H44NO4P/c1-17(2)22-11-9-19(5)14-24(22)30-32(29,26(28)21-8-7-13-27-16-21)31-25-15-20(6)10-12-23(25)18(3)4/h7-8,13,16-20,22-26,28H,9-12,14-15H2,1-6H3/t19-,20-,22-,23-,24-,25-,26-/m1/s1. The highest BCUT2D eigenvalue weighted by Gasteiger charge is 2.46. The van der Waals surface area contributed by atoms with Crippen LogP contribution in [0, 0.1) is 35.5 Å². The van der Waals surface area contributed by atoms with Gasteiger partial charge in [0.25, 0.3) is 0 Å². The van der Waals surface area contributed by atoms with Crippen LogP contribution in [-0.2, 0) is 13.6 Å². The number of aliphatic hydroxyl groups is 1. The molecule has 2 saturated carbocycles. The van der Waals surface area contributed by atoms with Crippen molar-refractivity contribution in [2.75, 3.05) is 0 Å². The second-order valence-electron chi connectivity index (χ2n) is 11.1. The molecule has 0 amide bonds. The van der Waals surface area contributed by atoms with Crippen molar-refractivity contribution in [1.82, 2.24) is 4.98 Å². The van der Waals surface area contributed by atoms with Crippen molar-refractivity contribution >= 4 is 7.60 Å². The lowest BCUT2D eigenvalue weighted by atomic mass is 9.75. The monoisotopic (exact) mass is 465 g/mol.